The van der Waals surface area contributed by atoms with Crippen molar-refractivity contribution < 1.29 is 14.7 Å². The molecule has 0 aliphatic carbocycles. The normalized spacial score (nSPS) is 24.3. The zero-order valence-electron chi connectivity index (χ0n) is 13.7. The van der Waals surface area contributed by atoms with Crippen molar-refractivity contribution in [2.45, 2.75) is 17.4 Å². The maximum atomic E-state index is 13.3. The number of nitrogens with two attached hydrogens (primary N) is 1. The molecule has 2 heterocycles. The van der Waals surface area contributed by atoms with Crippen LogP contribution >= 0.6 is 35.0 Å². The summed E-state index contributed by atoms with van der Waals surface area (Å²) in [7, 11) is 0. The van der Waals surface area contributed by atoms with E-state index in [9.17, 15) is 14.7 Å². The predicted molar refractivity (Wildman–Crippen MR) is 106 cm³/mol. The Hall–Kier alpha value is -2.06. The number of benzene rings is 2. The van der Waals surface area contributed by atoms with E-state index in [1.807, 2.05) is 0 Å². The van der Waals surface area contributed by atoms with Crippen molar-refractivity contribution in [1.82, 2.24) is 0 Å². The summed E-state index contributed by atoms with van der Waals surface area (Å²) in [6.07, 6.45) is 0. The van der Waals surface area contributed by atoms with Crippen molar-refractivity contribution in [3.05, 3.63) is 63.6 Å². The number of carbonyl (C=O) groups excluding carboxylic acids is 2. The molecule has 0 aromatic heterocycles. The van der Waals surface area contributed by atoms with Crippen LogP contribution in [0, 0.1) is 0 Å². The summed E-state index contributed by atoms with van der Waals surface area (Å²) in [5.74, 6) is -1.28. The summed E-state index contributed by atoms with van der Waals surface area (Å²) in [6, 6.07) is 11.8. The highest BCUT2D eigenvalue weighted by molar-refractivity contribution is 8.15. The summed E-state index contributed by atoms with van der Waals surface area (Å²) in [5.41, 5.74) is 4.92. The Morgan fingerprint density at radius 2 is 1.81 bits per heavy atom. The van der Waals surface area contributed by atoms with Crippen LogP contribution in [0.5, 0.6) is 0 Å². The van der Waals surface area contributed by atoms with Crippen molar-refractivity contribution >= 4 is 57.6 Å². The number of amides is 2. The Morgan fingerprint density at radius 3 is 2.44 bits per heavy atom. The zero-order chi connectivity index (χ0) is 19.3. The van der Waals surface area contributed by atoms with Crippen LogP contribution in [0.15, 0.2) is 47.5 Å². The van der Waals surface area contributed by atoms with Crippen LogP contribution in [0.2, 0.25) is 10.0 Å². The molecule has 0 saturated heterocycles. The van der Waals surface area contributed by atoms with Gasteiger partial charge in [0, 0.05) is 21.2 Å². The first kappa shape index (κ1) is 18.3. The van der Waals surface area contributed by atoms with E-state index in [2.05, 4.69) is 4.99 Å². The van der Waals surface area contributed by atoms with E-state index in [0.717, 1.165) is 11.8 Å². The molecular weight excluding hydrogens is 409 g/mol. The van der Waals surface area contributed by atoms with Crippen LogP contribution in [-0.4, -0.2) is 27.3 Å². The van der Waals surface area contributed by atoms with Gasteiger partial charge in [-0.15, -0.1) is 0 Å². The van der Waals surface area contributed by atoms with E-state index in [0.29, 0.717) is 26.9 Å². The van der Waals surface area contributed by atoms with Gasteiger partial charge in [0.05, 0.1) is 12.2 Å². The number of rotatable bonds is 3. The molecule has 0 bridgehead atoms. The third-order valence-electron chi connectivity index (χ3n) is 4.62. The second-order valence-corrected chi connectivity index (χ2v) is 8.10. The average molecular weight is 422 g/mol. The topological polar surface area (TPSA) is 96.0 Å². The molecule has 6 nitrogen and oxygen atoms in total. The number of halogens is 2. The Morgan fingerprint density at radius 1 is 1.15 bits per heavy atom. The second-order valence-electron chi connectivity index (χ2n) is 6.16. The SMILES string of the molecule is NC1=NC(=O)[C@@H]([C@]2(O)C(=O)N(Cc3c(Cl)cccc3Cl)c3ccccc32)S1. The number of hydrogen-bond donors (Lipinski definition) is 2. The third-order valence-corrected chi connectivity index (χ3v) is 6.44. The molecule has 2 atom stereocenters. The summed E-state index contributed by atoms with van der Waals surface area (Å²) in [4.78, 5) is 30.6. The van der Waals surface area contributed by atoms with Crippen LogP contribution < -0.4 is 10.6 Å². The van der Waals surface area contributed by atoms with Crippen LogP contribution in [0.1, 0.15) is 11.1 Å². The van der Waals surface area contributed by atoms with Gasteiger partial charge in [0.1, 0.15) is 5.25 Å². The van der Waals surface area contributed by atoms with E-state index in [4.69, 9.17) is 28.9 Å². The lowest BCUT2D eigenvalue weighted by Crippen LogP contribution is -2.49. The lowest BCUT2D eigenvalue weighted by atomic mass is 9.91. The van der Waals surface area contributed by atoms with Crippen molar-refractivity contribution in [1.29, 1.82) is 0 Å². The summed E-state index contributed by atoms with van der Waals surface area (Å²) < 4.78 is 0. The van der Waals surface area contributed by atoms with E-state index in [1.165, 1.54) is 4.90 Å². The highest BCUT2D eigenvalue weighted by atomic mass is 35.5. The van der Waals surface area contributed by atoms with E-state index in [-0.39, 0.29) is 11.7 Å². The summed E-state index contributed by atoms with van der Waals surface area (Å²) >= 11 is 13.4. The van der Waals surface area contributed by atoms with Gasteiger partial charge in [-0.25, -0.2) is 0 Å². The molecule has 0 saturated carbocycles. The quantitative estimate of drug-likeness (QED) is 0.793. The van der Waals surface area contributed by atoms with Crippen LogP contribution in [-0.2, 0) is 21.7 Å². The molecule has 2 aliphatic heterocycles. The summed E-state index contributed by atoms with van der Waals surface area (Å²) in [6.45, 7) is 0.0541. The number of aliphatic hydroxyl groups is 1. The first-order valence-electron chi connectivity index (χ1n) is 7.95. The molecule has 2 aliphatic rings. The van der Waals surface area contributed by atoms with Crippen molar-refractivity contribution in [3.63, 3.8) is 0 Å². The lowest BCUT2D eigenvalue weighted by Gasteiger charge is -2.27. The standard InChI is InChI=1S/C18H13Cl2N3O3S/c19-11-5-3-6-12(20)9(11)8-23-13-7-2-1-4-10(13)18(26,16(23)25)14-15(24)22-17(21)27-14/h1-7,14,26H,8H2,(H2,21,22,24)/t14-,18-/m0/s1. The van der Waals surface area contributed by atoms with Crippen LogP contribution in [0.4, 0.5) is 5.69 Å². The molecule has 0 fully saturated rings. The zero-order valence-corrected chi connectivity index (χ0v) is 16.1. The van der Waals surface area contributed by atoms with Crippen LogP contribution in [0.3, 0.4) is 0 Å². The molecule has 2 aromatic rings. The number of carbonyl (C=O) groups is 2. The largest absolute Gasteiger partial charge is 0.378 e. The molecule has 27 heavy (non-hydrogen) atoms. The van der Waals surface area contributed by atoms with E-state index in [1.54, 1.807) is 42.5 Å². The van der Waals surface area contributed by atoms with Crippen molar-refractivity contribution in [2.75, 3.05) is 4.90 Å². The number of para-hydroxylation sites is 1. The van der Waals surface area contributed by atoms with Gasteiger partial charge >= 0.3 is 0 Å². The maximum Gasteiger partial charge on any atom is 0.265 e. The first-order chi connectivity index (χ1) is 12.8. The predicted octanol–water partition coefficient (Wildman–Crippen LogP) is 2.68. The monoisotopic (exact) mass is 421 g/mol. The second kappa shape index (κ2) is 6.53. The molecular formula is C18H13Cl2N3O3S. The fraction of sp³-hybridized carbons (Fsp3) is 0.167. The van der Waals surface area contributed by atoms with Gasteiger partial charge in [-0.05, 0) is 18.2 Å². The number of thioether (sulfide) groups is 1. The molecule has 0 unspecified atom stereocenters. The Balaban J connectivity index is 1.80. The lowest BCUT2D eigenvalue weighted by molar-refractivity contribution is -0.140. The van der Waals surface area contributed by atoms with Gasteiger partial charge in [-0.2, -0.15) is 4.99 Å². The van der Waals surface area contributed by atoms with E-state index >= 15 is 0 Å². The van der Waals surface area contributed by atoms with Crippen molar-refractivity contribution in [3.8, 4) is 0 Å². The average Bonchev–Trinajstić information content (AvgIpc) is 3.08. The number of fused-ring (bicyclic) bond motifs is 1. The molecule has 4 rings (SSSR count). The molecule has 0 spiro atoms. The number of nitrogens with zero attached hydrogens (tertiary/aromatic N) is 2. The van der Waals surface area contributed by atoms with Gasteiger partial charge < -0.3 is 15.7 Å². The molecule has 0 radical (unpaired) electrons. The minimum Gasteiger partial charge on any atom is -0.378 e. The van der Waals surface area contributed by atoms with Gasteiger partial charge in [0.15, 0.2) is 10.8 Å². The highest BCUT2D eigenvalue weighted by Gasteiger charge is 2.59. The van der Waals surface area contributed by atoms with Crippen LogP contribution in [0.25, 0.3) is 0 Å². The fourth-order valence-corrected chi connectivity index (χ4v) is 4.80. The van der Waals surface area contributed by atoms with Crippen molar-refractivity contribution in [2.24, 2.45) is 10.7 Å². The molecule has 3 N–H and O–H groups in total. The Labute approximate surface area is 169 Å². The third kappa shape index (κ3) is 2.73. The Kier molecular flexibility index (Phi) is 4.43. The first-order valence-corrected chi connectivity index (χ1v) is 9.59. The highest BCUT2D eigenvalue weighted by Crippen LogP contribution is 2.48. The fourth-order valence-electron chi connectivity index (χ4n) is 3.34. The minimum absolute atomic E-state index is 0.0244. The number of aliphatic imine (C=N–C) groups is 1. The van der Waals surface area contributed by atoms with Gasteiger partial charge in [0.25, 0.3) is 11.8 Å². The Bertz CT molecular complexity index is 993. The number of anilines is 1. The van der Waals surface area contributed by atoms with Gasteiger partial charge in [-0.1, -0.05) is 59.2 Å². The summed E-state index contributed by atoms with van der Waals surface area (Å²) in [5, 5.41) is 11.1. The smallest absolute Gasteiger partial charge is 0.265 e. The molecule has 138 valence electrons. The maximum absolute atomic E-state index is 13.3. The van der Waals surface area contributed by atoms with Gasteiger partial charge in [-0.3, -0.25) is 9.59 Å². The minimum atomic E-state index is -2.07. The number of hydrogen-bond acceptors (Lipinski definition) is 5. The molecule has 2 amide bonds. The number of amidine groups is 1. The molecule has 2 aromatic carbocycles. The van der Waals surface area contributed by atoms with Gasteiger partial charge in [0.2, 0.25) is 0 Å². The molecule has 9 heteroatoms. The van der Waals surface area contributed by atoms with E-state index < -0.39 is 22.7 Å².